The van der Waals surface area contributed by atoms with Gasteiger partial charge in [-0.1, -0.05) is 25.1 Å². The van der Waals surface area contributed by atoms with E-state index in [-0.39, 0.29) is 11.9 Å². The van der Waals surface area contributed by atoms with E-state index in [0.29, 0.717) is 19.1 Å². The molecule has 2 atom stereocenters. The van der Waals surface area contributed by atoms with E-state index < -0.39 is 0 Å². The Morgan fingerprint density at radius 1 is 1.47 bits per heavy atom. The van der Waals surface area contributed by atoms with Crippen molar-refractivity contribution in [3.63, 3.8) is 0 Å². The summed E-state index contributed by atoms with van der Waals surface area (Å²) in [5.74, 6) is 1.27. The molecule has 17 heavy (non-hydrogen) atoms. The highest BCUT2D eigenvalue weighted by Crippen LogP contribution is 2.34. The summed E-state index contributed by atoms with van der Waals surface area (Å²) in [5.41, 5.74) is 1.13. The van der Waals surface area contributed by atoms with E-state index in [4.69, 9.17) is 4.74 Å². The molecule has 1 amide bonds. The van der Waals surface area contributed by atoms with Gasteiger partial charge >= 0.3 is 0 Å². The summed E-state index contributed by atoms with van der Waals surface area (Å²) < 4.78 is 5.66. The van der Waals surface area contributed by atoms with E-state index in [0.717, 1.165) is 11.3 Å². The summed E-state index contributed by atoms with van der Waals surface area (Å²) in [6.07, 6.45) is 0. The average molecular weight is 234 g/mol. The van der Waals surface area contributed by atoms with Crippen LogP contribution in [0.4, 0.5) is 0 Å². The minimum absolute atomic E-state index is 0.00109. The minimum atomic E-state index is 0.00109. The van der Waals surface area contributed by atoms with Crippen LogP contribution in [-0.4, -0.2) is 26.1 Å². The lowest BCUT2D eigenvalue weighted by Crippen LogP contribution is -2.39. The van der Waals surface area contributed by atoms with Crippen LogP contribution in [0.15, 0.2) is 24.3 Å². The molecule has 0 radical (unpaired) electrons. The van der Waals surface area contributed by atoms with Gasteiger partial charge in [-0.2, -0.15) is 0 Å². The Labute approximate surface area is 101 Å². The molecule has 0 fully saturated rings. The van der Waals surface area contributed by atoms with Crippen molar-refractivity contribution in [1.29, 1.82) is 0 Å². The second-order valence-corrected chi connectivity index (χ2v) is 4.36. The van der Waals surface area contributed by atoms with Gasteiger partial charge in [0.15, 0.2) is 0 Å². The summed E-state index contributed by atoms with van der Waals surface area (Å²) in [6, 6.07) is 8.15. The quantitative estimate of drug-likeness (QED) is 0.823. The smallest absolute Gasteiger partial charge is 0.233 e. The van der Waals surface area contributed by atoms with Crippen LogP contribution in [0, 0.1) is 5.92 Å². The molecule has 92 valence electrons. The molecule has 0 aliphatic carbocycles. The molecule has 0 saturated heterocycles. The van der Waals surface area contributed by atoms with Gasteiger partial charge in [0.2, 0.25) is 5.91 Å². The first-order valence-electron chi connectivity index (χ1n) is 5.88. The van der Waals surface area contributed by atoms with Gasteiger partial charge in [-0.3, -0.25) is 4.79 Å². The van der Waals surface area contributed by atoms with Crippen LogP contribution >= 0.6 is 0 Å². The number of fused-ring (bicyclic) bond motifs is 1. The first kappa shape index (κ1) is 11.9. The van der Waals surface area contributed by atoms with Crippen molar-refractivity contribution in [2.45, 2.75) is 13.0 Å². The third kappa shape index (κ3) is 2.58. The van der Waals surface area contributed by atoms with Gasteiger partial charge < -0.3 is 15.4 Å². The molecule has 1 aromatic carbocycles. The molecule has 4 heteroatoms. The van der Waals surface area contributed by atoms with Gasteiger partial charge in [0.05, 0.1) is 13.2 Å². The number of ether oxygens (including phenoxy) is 1. The van der Waals surface area contributed by atoms with E-state index in [2.05, 4.69) is 17.6 Å². The number of benzene rings is 1. The molecule has 2 unspecified atom stereocenters. The van der Waals surface area contributed by atoms with E-state index in [1.54, 1.807) is 7.05 Å². The Hall–Kier alpha value is -1.55. The molecular formula is C13H18N2O2. The Morgan fingerprint density at radius 3 is 3.00 bits per heavy atom. The monoisotopic (exact) mass is 234 g/mol. The van der Waals surface area contributed by atoms with Crippen molar-refractivity contribution >= 4 is 5.91 Å². The van der Waals surface area contributed by atoms with Crippen molar-refractivity contribution in [3.05, 3.63) is 29.8 Å². The van der Waals surface area contributed by atoms with Gasteiger partial charge in [0, 0.05) is 24.6 Å². The average Bonchev–Trinajstić information content (AvgIpc) is 2.37. The van der Waals surface area contributed by atoms with Crippen LogP contribution in [0.2, 0.25) is 0 Å². The summed E-state index contributed by atoms with van der Waals surface area (Å²) in [6.45, 7) is 3.14. The standard InChI is InChI=1S/C13H18N2O2/c1-9-8-17-11-6-4-3-5-10(11)13(9)15-7-12(16)14-2/h3-6,9,13,15H,7-8H2,1-2H3,(H,14,16). The largest absolute Gasteiger partial charge is 0.493 e. The van der Waals surface area contributed by atoms with Crippen molar-refractivity contribution in [2.75, 3.05) is 20.2 Å². The van der Waals surface area contributed by atoms with E-state index in [1.807, 2.05) is 24.3 Å². The highest BCUT2D eigenvalue weighted by Gasteiger charge is 2.27. The molecule has 1 aromatic rings. The molecule has 0 spiro atoms. The Bertz CT molecular complexity index is 406. The number of hydrogen-bond acceptors (Lipinski definition) is 3. The lowest BCUT2D eigenvalue weighted by molar-refractivity contribution is -0.120. The normalized spacial score (nSPS) is 22.5. The maximum Gasteiger partial charge on any atom is 0.233 e. The molecule has 4 nitrogen and oxygen atoms in total. The van der Waals surface area contributed by atoms with E-state index in [1.165, 1.54) is 0 Å². The van der Waals surface area contributed by atoms with Crippen molar-refractivity contribution in [3.8, 4) is 5.75 Å². The number of hydrogen-bond donors (Lipinski definition) is 2. The highest BCUT2D eigenvalue weighted by molar-refractivity contribution is 5.77. The van der Waals surface area contributed by atoms with Crippen LogP contribution in [0.5, 0.6) is 5.75 Å². The zero-order valence-corrected chi connectivity index (χ0v) is 10.2. The molecule has 0 bridgehead atoms. The molecule has 0 aromatic heterocycles. The summed E-state index contributed by atoms with van der Waals surface area (Å²) in [4.78, 5) is 11.3. The number of nitrogens with one attached hydrogen (secondary N) is 2. The predicted molar refractivity (Wildman–Crippen MR) is 65.9 cm³/mol. The molecular weight excluding hydrogens is 216 g/mol. The zero-order valence-electron chi connectivity index (χ0n) is 10.2. The number of carbonyl (C=O) groups excluding carboxylic acids is 1. The van der Waals surface area contributed by atoms with Gasteiger partial charge in [0.1, 0.15) is 5.75 Å². The predicted octanol–water partition coefficient (Wildman–Crippen LogP) is 1.09. The minimum Gasteiger partial charge on any atom is -0.493 e. The van der Waals surface area contributed by atoms with Crippen LogP contribution < -0.4 is 15.4 Å². The lowest BCUT2D eigenvalue weighted by Gasteiger charge is -2.32. The molecule has 2 rings (SSSR count). The fourth-order valence-electron chi connectivity index (χ4n) is 2.10. The Kier molecular flexibility index (Phi) is 3.64. The first-order valence-corrected chi connectivity index (χ1v) is 5.88. The van der Waals surface area contributed by atoms with Crippen LogP contribution in [0.25, 0.3) is 0 Å². The number of amides is 1. The number of carbonyl (C=O) groups is 1. The molecule has 1 heterocycles. The fourth-order valence-corrected chi connectivity index (χ4v) is 2.10. The van der Waals surface area contributed by atoms with E-state index in [9.17, 15) is 4.79 Å². The van der Waals surface area contributed by atoms with Crippen LogP contribution in [0.1, 0.15) is 18.5 Å². The molecule has 1 aliphatic heterocycles. The second-order valence-electron chi connectivity index (χ2n) is 4.36. The topological polar surface area (TPSA) is 50.4 Å². The maximum atomic E-state index is 11.3. The third-order valence-corrected chi connectivity index (χ3v) is 3.09. The number of para-hydroxylation sites is 1. The SMILES string of the molecule is CNC(=O)CNC1c2ccccc2OCC1C. The van der Waals surface area contributed by atoms with Crippen molar-refractivity contribution in [1.82, 2.24) is 10.6 Å². The Balaban J connectivity index is 2.12. The lowest BCUT2D eigenvalue weighted by atomic mass is 9.92. The third-order valence-electron chi connectivity index (χ3n) is 3.09. The van der Waals surface area contributed by atoms with Crippen LogP contribution in [-0.2, 0) is 4.79 Å². The zero-order chi connectivity index (χ0) is 12.3. The number of rotatable bonds is 3. The molecule has 1 aliphatic rings. The van der Waals surface area contributed by atoms with Gasteiger partial charge in [-0.15, -0.1) is 0 Å². The van der Waals surface area contributed by atoms with Crippen LogP contribution in [0.3, 0.4) is 0 Å². The fraction of sp³-hybridized carbons (Fsp3) is 0.462. The summed E-state index contributed by atoms with van der Waals surface area (Å²) in [7, 11) is 1.64. The van der Waals surface area contributed by atoms with E-state index >= 15 is 0 Å². The summed E-state index contributed by atoms with van der Waals surface area (Å²) >= 11 is 0. The first-order chi connectivity index (χ1) is 8.22. The van der Waals surface area contributed by atoms with Gasteiger partial charge in [-0.05, 0) is 6.07 Å². The molecule has 0 saturated carbocycles. The second kappa shape index (κ2) is 5.19. The highest BCUT2D eigenvalue weighted by atomic mass is 16.5. The van der Waals surface area contributed by atoms with Crippen molar-refractivity contribution < 1.29 is 9.53 Å². The molecule has 2 N–H and O–H groups in total. The van der Waals surface area contributed by atoms with Gasteiger partial charge in [-0.25, -0.2) is 0 Å². The number of likely N-dealkylation sites (N-methyl/N-ethyl adjacent to an activating group) is 1. The Morgan fingerprint density at radius 2 is 2.24 bits per heavy atom. The van der Waals surface area contributed by atoms with Crippen molar-refractivity contribution in [2.24, 2.45) is 5.92 Å². The summed E-state index contributed by atoms with van der Waals surface area (Å²) in [5, 5.41) is 5.90. The van der Waals surface area contributed by atoms with Gasteiger partial charge in [0.25, 0.3) is 0 Å². The maximum absolute atomic E-state index is 11.3.